The molecule has 4 heteroatoms. The quantitative estimate of drug-likeness (QED) is 0.823. The Morgan fingerprint density at radius 2 is 2.18 bits per heavy atom. The van der Waals surface area contributed by atoms with E-state index in [1.807, 2.05) is 35.2 Å². The molecule has 0 spiro atoms. The lowest BCUT2D eigenvalue weighted by Gasteiger charge is -2.29. The number of nitrogens with one attached hydrogen (secondary N) is 1. The number of aliphatic hydroxyl groups is 1. The highest BCUT2D eigenvalue weighted by Gasteiger charge is 2.19. The van der Waals surface area contributed by atoms with Crippen LogP contribution in [0.3, 0.4) is 0 Å². The zero-order valence-corrected chi connectivity index (χ0v) is 9.80. The third kappa shape index (κ3) is 3.84. The number of anilines is 1. The fraction of sp³-hybridized carbons (Fsp3) is 0.462. The van der Waals surface area contributed by atoms with Crippen LogP contribution >= 0.6 is 0 Å². The molecule has 1 saturated heterocycles. The Balaban J connectivity index is 1.81. The highest BCUT2D eigenvalue weighted by atomic mass is 16.3. The lowest BCUT2D eigenvalue weighted by molar-refractivity contribution is -0.118. The second-order valence-electron chi connectivity index (χ2n) is 4.45. The number of nitrogens with zero attached hydrogens (tertiary/aromatic N) is 1. The van der Waals surface area contributed by atoms with E-state index in [0.29, 0.717) is 13.1 Å². The number of rotatable bonds is 3. The van der Waals surface area contributed by atoms with Gasteiger partial charge in [-0.1, -0.05) is 18.2 Å². The second kappa shape index (κ2) is 5.80. The molecule has 17 heavy (non-hydrogen) atoms. The first-order valence-corrected chi connectivity index (χ1v) is 5.99. The van der Waals surface area contributed by atoms with Gasteiger partial charge in [0.25, 0.3) is 0 Å². The number of hydrogen-bond acceptors (Lipinski definition) is 3. The molecule has 1 atom stereocenters. The molecule has 1 fully saturated rings. The normalized spacial score (nSPS) is 21.1. The van der Waals surface area contributed by atoms with Crippen LogP contribution in [0.4, 0.5) is 5.69 Å². The molecule has 1 aliphatic heterocycles. The number of hydrogen-bond donors (Lipinski definition) is 2. The summed E-state index contributed by atoms with van der Waals surface area (Å²) in [7, 11) is 0. The standard InChI is InChI=1S/C13H18N2O2/c16-12-7-4-8-15(9-12)10-13(17)14-11-5-2-1-3-6-11/h1-3,5-6,12,16H,4,7-10H2,(H,14,17)/t12-/m0/s1. The maximum atomic E-state index is 11.8. The van der Waals surface area contributed by atoms with E-state index < -0.39 is 0 Å². The largest absolute Gasteiger partial charge is 0.392 e. The van der Waals surface area contributed by atoms with Gasteiger partial charge in [0.2, 0.25) is 5.91 Å². The predicted octanol–water partition coefficient (Wildman–Crippen LogP) is 1.08. The second-order valence-corrected chi connectivity index (χ2v) is 4.45. The Bertz CT molecular complexity index is 367. The van der Waals surface area contributed by atoms with E-state index in [0.717, 1.165) is 25.1 Å². The topological polar surface area (TPSA) is 52.6 Å². The number of carbonyl (C=O) groups is 1. The van der Waals surface area contributed by atoms with Crippen LogP contribution in [-0.4, -0.2) is 41.7 Å². The molecule has 0 unspecified atom stereocenters. The molecule has 0 aliphatic carbocycles. The maximum absolute atomic E-state index is 11.8. The van der Waals surface area contributed by atoms with E-state index >= 15 is 0 Å². The Hall–Kier alpha value is -1.39. The van der Waals surface area contributed by atoms with Gasteiger partial charge in [0.15, 0.2) is 0 Å². The fourth-order valence-corrected chi connectivity index (χ4v) is 2.10. The smallest absolute Gasteiger partial charge is 0.238 e. The first-order chi connectivity index (χ1) is 8.24. The van der Waals surface area contributed by atoms with Crippen molar-refractivity contribution >= 4 is 11.6 Å². The molecule has 0 bridgehead atoms. The minimum absolute atomic E-state index is 0.0229. The van der Waals surface area contributed by atoms with E-state index in [1.54, 1.807) is 0 Å². The Morgan fingerprint density at radius 3 is 2.88 bits per heavy atom. The van der Waals surface area contributed by atoms with Crippen molar-refractivity contribution in [2.24, 2.45) is 0 Å². The number of β-amino-alcohol motifs (C(OH)–C–C–N with tert-alkyl or cyclic N) is 1. The van der Waals surface area contributed by atoms with Gasteiger partial charge in [-0.15, -0.1) is 0 Å². The molecule has 1 heterocycles. The van der Waals surface area contributed by atoms with E-state index in [9.17, 15) is 9.90 Å². The fourth-order valence-electron chi connectivity index (χ4n) is 2.10. The molecule has 92 valence electrons. The molecule has 1 aromatic rings. The summed E-state index contributed by atoms with van der Waals surface area (Å²) in [5, 5.41) is 12.4. The van der Waals surface area contributed by atoms with Gasteiger partial charge in [0.05, 0.1) is 12.6 Å². The number of piperidine rings is 1. The van der Waals surface area contributed by atoms with Gasteiger partial charge >= 0.3 is 0 Å². The Kier molecular flexibility index (Phi) is 4.12. The molecule has 1 aromatic carbocycles. The van der Waals surface area contributed by atoms with Crippen LogP contribution in [0, 0.1) is 0 Å². The first kappa shape index (κ1) is 12.1. The van der Waals surface area contributed by atoms with Gasteiger partial charge < -0.3 is 10.4 Å². The van der Waals surface area contributed by atoms with Gasteiger partial charge in [0, 0.05) is 12.2 Å². The van der Waals surface area contributed by atoms with Crippen molar-refractivity contribution in [1.82, 2.24) is 4.90 Å². The van der Waals surface area contributed by atoms with Crippen molar-refractivity contribution in [3.05, 3.63) is 30.3 Å². The lowest BCUT2D eigenvalue weighted by atomic mass is 10.1. The third-order valence-corrected chi connectivity index (χ3v) is 2.91. The average Bonchev–Trinajstić information content (AvgIpc) is 2.30. The SMILES string of the molecule is O=C(CN1CCC[C@H](O)C1)Nc1ccccc1. The number of benzene rings is 1. The van der Waals surface area contributed by atoms with Crippen LogP contribution in [-0.2, 0) is 4.79 Å². The van der Waals surface area contributed by atoms with Crippen LogP contribution < -0.4 is 5.32 Å². The summed E-state index contributed by atoms with van der Waals surface area (Å²) in [4.78, 5) is 13.7. The van der Waals surface area contributed by atoms with Crippen LogP contribution in [0.1, 0.15) is 12.8 Å². The monoisotopic (exact) mass is 234 g/mol. The van der Waals surface area contributed by atoms with Crippen molar-refractivity contribution in [3.63, 3.8) is 0 Å². The summed E-state index contributed by atoms with van der Waals surface area (Å²) >= 11 is 0. The van der Waals surface area contributed by atoms with Crippen LogP contribution in [0.15, 0.2) is 30.3 Å². The van der Waals surface area contributed by atoms with Crippen molar-refractivity contribution < 1.29 is 9.90 Å². The predicted molar refractivity (Wildman–Crippen MR) is 66.8 cm³/mol. The summed E-state index contributed by atoms with van der Waals surface area (Å²) in [5.41, 5.74) is 0.815. The van der Waals surface area contributed by atoms with Crippen LogP contribution in [0.5, 0.6) is 0 Å². The van der Waals surface area contributed by atoms with Crippen LogP contribution in [0.2, 0.25) is 0 Å². The zero-order chi connectivity index (χ0) is 12.1. The highest BCUT2D eigenvalue weighted by molar-refractivity contribution is 5.92. The molecule has 0 saturated carbocycles. The minimum atomic E-state index is -0.284. The van der Waals surface area contributed by atoms with Gasteiger partial charge in [-0.2, -0.15) is 0 Å². The molecule has 0 radical (unpaired) electrons. The molecule has 2 N–H and O–H groups in total. The first-order valence-electron chi connectivity index (χ1n) is 5.99. The van der Waals surface area contributed by atoms with Gasteiger partial charge in [-0.25, -0.2) is 0 Å². The summed E-state index contributed by atoms with van der Waals surface area (Å²) in [6, 6.07) is 9.42. The summed E-state index contributed by atoms with van der Waals surface area (Å²) < 4.78 is 0. The Morgan fingerprint density at radius 1 is 1.41 bits per heavy atom. The summed E-state index contributed by atoms with van der Waals surface area (Å²) in [6.07, 6.45) is 1.52. The molecule has 1 amide bonds. The van der Waals surface area contributed by atoms with Crippen molar-refractivity contribution in [1.29, 1.82) is 0 Å². The van der Waals surface area contributed by atoms with Crippen molar-refractivity contribution in [2.75, 3.05) is 25.0 Å². The Labute approximate surface area is 101 Å². The van der Waals surface area contributed by atoms with E-state index in [1.165, 1.54) is 0 Å². The van der Waals surface area contributed by atoms with Crippen molar-refractivity contribution in [2.45, 2.75) is 18.9 Å². The molecular weight excluding hydrogens is 216 g/mol. The van der Waals surface area contributed by atoms with Crippen LogP contribution in [0.25, 0.3) is 0 Å². The summed E-state index contributed by atoms with van der Waals surface area (Å²) in [5.74, 6) is -0.0229. The number of amides is 1. The molecule has 1 aliphatic rings. The van der Waals surface area contributed by atoms with E-state index in [2.05, 4.69) is 5.32 Å². The number of likely N-dealkylation sites (tertiary alicyclic amines) is 1. The number of para-hydroxylation sites is 1. The molecular formula is C13H18N2O2. The average molecular weight is 234 g/mol. The minimum Gasteiger partial charge on any atom is -0.392 e. The molecule has 4 nitrogen and oxygen atoms in total. The van der Waals surface area contributed by atoms with E-state index in [-0.39, 0.29) is 12.0 Å². The van der Waals surface area contributed by atoms with E-state index in [4.69, 9.17) is 0 Å². The zero-order valence-electron chi connectivity index (χ0n) is 9.80. The van der Waals surface area contributed by atoms with Crippen molar-refractivity contribution in [3.8, 4) is 0 Å². The third-order valence-electron chi connectivity index (χ3n) is 2.91. The van der Waals surface area contributed by atoms with Gasteiger partial charge in [-0.05, 0) is 31.5 Å². The van der Waals surface area contributed by atoms with Gasteiger partial charge in [0.1, 0.15) is 0 Å². The summed E-state index contributed by atoms with van der Waals surface area (Å²) in [6.45, 7) is 1.84. The molecule has 0 aromatic heterocycles. The lowest BCUT2D eigenvalue weighted by Crippen LogP contribution is -2.42. The number of carbonyl (C=O) groups excluding carboxylic acids is 1. The number of aliphatic hydroxyl groups excluding tert-OH is 1. The maximum Gasteiger partial charge on any atom is 0.238 e. The molecule has 2 rings (SSSR count). The van der Waals surface area contributed by atoms with Gasteiger partial charge in [-0.3, -0.25) is 9.69 Å². The highest BCUT2D eigenvalue weighted by Crippen LogP contribution is 2.10.